The highest BCUT2D eigenvalue weighted by Gasteiger charge is 2.33. The van der Waals surface area contributed by atoms with Crippen molar-refractivity contribution in [1.29, 1.82) is 5.41 Å². The van der Waals surface area contributed by atoms with Gasteiger partial charge in [0.05, 0.1) is 25.4 Å². The van der Waals surface area contributed by atoms with E-state index in [9.17, 15) is 19.5 Å². The molecule has 2 aliphatic rings. The van der Waals surface area contributed by atoms with Crippen molar-refractivity contribution in [2.24, 2.45) is 5.92 Å². The Kier molecular flexibility index (Phi) is 11.4. The first-order valence-electron chi connectivity index (χ1n) is 14.4. The molecule has 4 rings (SSSR count). The van der Waals surface area contributed by atoms with Gasteiger partial charge in [-0.15, -0.1) is 17.0 Å². The van der Waals surface area contributed by atoms with E-state index >= 15 is 0 Å². The first-order chi connectivity index (χ1) is 20.4. The van der Waals surface area contributed by atoms with E-state index in [0.29, 0.717) is 66.2 Å². The number of benzene rings is 1. The number of carboxylic acids is 1. The van der Waals surface area contributed by atoms with Crippen LogP contribution < -0.4 is 19.7 Å². The smallest absolute Gasteiger partial charge is 0.341 e. The van der Waals surface area contributed by atoms with Gasteiger partial charge in [-0.25, -0.2) is 9.78 Å². The Balaban J connectivity index is 0.00000529. The van der Waals surface area contributed by atoms with Crippen molar-refractivity contribution in [2.45, 2.75) is 46.1 Å². The van der Waals surface area contributed by atoms with E-state index in [-0.39, 0.29) is 47.4 Å². The summed E-state index contributed by atoms with van der Waals surface area (Å²) in [5.74, 6) is -0.578. The average molecular weight is 677 g/mol. The van der Waals surface area contributed by atoms with Crippen LogP contribution in [0.25, 0.3) is 0 Å². The van der Waals surface area contributed by atoms with Gasteiger partial charge in [-0.05, 0) is 37.0 Å². The summed E-state index contributed by atoms with van der Waals surface area (Å²) in [6.07, 6.45) is 0.896. The normalized spacial score (nSPS) is 16.0. The van der Waals surface area contributed by atoms with E-state index in [2.05, 4.69) is 15.2 Å². The van der Waals surface area contributed by atoms with Crippen LogP contribution in [0.2, 0.25) is 0 Å². The first kappa shape index (κ1) is 34.8. The van der Waals surface area contributed by atoms with Crippen LogP contribution in [0.3, 0.4) is 0 Å². The Morgan fingerprint density at radius 1 is 1.18 bits per heavy atom. The molecule has 1 aromatic carbocycles. The third-order valence-corrected chi connectivity index (χ3v) is 7.61. The number of anilines is 1. The fraction of sp³-hybridized carbons (Fsp3) is 0.516. The minimum atomic E-state index is -1.09. The van der Waals surface area contributed by atoms with E-state index in [0.717, 1.165) is 12.0 Å². The third kappa shape index (κ3) is 7.49. The quantitative estimate of drug-likeness (QED) is 0.284. The summed E-state index contributed by atoms with van der Waals surface area (Å²) >= 11 is 0. The number of ether oxygens (including phenoxy) is 3. The molecule has 1 fully saturated rings. The number of pyridine rings is 1. The zero-order valence-corrected chi connectivity index (χ0v) is 27.8. The molecular formula is C31H42BrN5O7. The second kappa shape index (κ2) is 14.4. The maximum atomic E-state index is 13.9. The minimum Gasteiger partial charge on any atom is -0.491 e. The van der Waals surface area contributed by atoms with Gasteiger partial charge in [0.15, 0.2) is 23.8 Å². The number of aliphatic carboxylic acids is 1. The molecule has 3 heterocycles. The highest BCUT2D eigenvalue weighted by Crippen LogP contribution is 2.42. The molecule has 240 valence electrons. The number of carbonyl (C=O) groups is 3. The van der Waals surface area contributed by atoms with Crippen molar-refractivity contribution >= 4 is 46.2 Å². The Bertz CT molecular complexity index is 1430. The van der Waals surface area contributed by atoms with Crippen LogP contribution in [0, 0.1) is 11.3 Å². The first-order valence-corrected chi connectivity index (χ1v) is 14.4. The summed E-state index contributed by atoms with van der Waals surface area (Å²) in [7, 11) is 3.17. The maximum absolute atomic E-state index is 13.9. The third-order valence-electron chi connectivity index (χ3n) is 7.61. The Morgan fingerprint density at radius 3 is 2.52 bits per heavy atom. The zero-order valence-electron chi connectivity index (χ0n) is 26.1. The van der Waals surface area contributed by atoms with Gasteiger partial charge in [0.1, 0.15) is 17.3 Å². The Morgan fingerprint density at radius 2 is 1.91 bits per heavy atom. The molecule has 12 nitrogen and oxygen atoms in total. The molecule has 0 aliphatic carbocycles. The molecule has 0 radical (unpaired) electrons. The largest absolute Gasteiger partial charge is 0.491 e. The number of nitrogens with one attached hydrogen (secondary N) is 2. The SMILES string of the molecule is Br.CCOc1cc2c(nc1C(=O)NC)C(=N)N(CC(=O)c1cc(N3CCC(COC)C3)c(OCC(=O)O)c(C(C)(C)C)c1)C2. The standard InChI is InChI=1S/C31H41N5O7.BrH/c1-7-42-24-12-20-14-36(29(32)26(20)34-27(24)30(40)33-5)15-23(37)19-10-21(31(2,3)4)28(43-17-25(38)39)22(11-19)35-9-8-18(13-35)16-41-6;/h10-12,18,32H,7-9,13-17H2,1-6H3,(H,33,40)(H,38,39);1H. The molecule has 0 saturated carbocycles. The number of amides is 1. The molecule has 1 saturated heterocycles. The summed E-state index contributed by atoms with van der Waals surface area (Å²) in [4.78, 5) is 45.9. The number of rotatable bonds is 12. The van der Waals surface area contributed by atoms with Crippen LogP contribution in [0.5, 0.6) is 11.5 Å². The lowest BCUT2D eigenvalue weighted by molar-refractivity contribution is -0.139. The summed E-state index contributed by atoms with van der Waals surface area (Å²) in [5.41, 5.74) is 2.51. The van der Waals surface area contributed by atoms with Crippen LogP contribution in [0.4, 0.5) is 5.69 Å². The summed E-state index contributed by atoms with van der Waals surface area (Å²) in [6.45, 7) is 9.81. The summed E-state index contributed by atoms with van der Waals surface area (Å²) in [5, 5.41) is 20.7. The van der Waals surface area contributed by atoms with Gasteiger partial charge in [-0.3, -0.25) is 15.0 Å². The average Bonchev–Trinajstić information content (AvgIpc) is 3.54. The topological polar surface area (TPSA) is 154 Å². The predicted octanol–water partition coefficient (Wildman–Crippen LogP) is 3.68. The lowest BCUT2D eigenvalue weighted by Gasteiger charge is -2.29. The number of nitrogens with zero attached hydrogens (tertiary/aromatic N) is 3. The summed E-state index contributed by atoms with van der Waals surface area (Å²) in [6, 6.07) is 5.25. The van der Waals surface area contributed by atoms with Crippen LogP contribution in [-0.2, 0) is 21.5 Å². The van der Waals surface area contributed by atoms with Crippen molar-refractivity contribution in [2.75, 3.05) is 58.5 Å². The monoisotopic (exact) mass is 675 g/mol. The number of hydrogen-bond donors (Lipinski definition) is 3. The second-order valence-electron chi connectivity index (χ2n) is 11.8. The van der Waals surface area contributed by atoms with Crippen molar-refractivity contribution in [3.63, 3.8) is 0 Å². The zero-order chi connectivity index (χ0) is 31.5. The van der Waals surface area contributed by atoms with Crippen LogP contribution in [-0.4, -0.2) is 92.1 Å². The van der Waals surface area contributed by atoms with E-state index < -0.39 is 23.9 Å². The van der Waals surface area contributed by atoms with Crippen LogP contribution in [0.1, 0.15) is 71.8 Å². The van der Waals surface area contributed by atoms with Gasteiger partial charge >= 0.3 is 5.97 Å². The van der Waals surface area contributed by atoms with Gasteiger partial charge in [0.25, 0.3) is 5.91 Å². The van der Waals surface area contributed by atoms with Crippen molar-refractivity contribution in [1.82, 2.24) is 15.2 Å². The van der Waals surface area contributed by atoms with Gasteiger partial charge < -0.3 is 34.4 Å². The lowest BCUT2D eigenvalue weighted by Crippen LogP contribution is -2.31. The number of methoxy groups -OCH3 is 1. The van der Waals surface area contributed by atoms with Gasteiger partial charge in [-0.1, -0.05) is 20.8 Å². The molecule has 0 bridgehead atoms. The molecule has 13 heteroatoms. The maximum Gasteiger partial charge on any atom is 0.341 e. The molecular weight excluding hydrogens is 634 g/mol. The van der Waals surface area contributed by atoms with Crippen molar-refractivity contribution < 1.29 is 33.7 Å². The van der Waals surface area contributed by atoms with E-state index in [4.69, 9.17) is 19.6 Å². The number of hydrogen-bond acceptors (Lipinski definition) is 9. The second-order valence-corrected chi connectivity index (χ2v) is 11.8. The Hall–Kier alpha value is -3.71. The molecule has 1 atom stereocenters. The molecule has 2 aliphatic heterocycles. The summed E-state index contributed by atoms with van der Waals surface area (Å²) < 4.78 is 16.9. The van der Waals surface area contributed by atoms with E-state index in [1.165, 1.54) is 7.05 Å². The fourth-order valence-electron chi connectivity index (χ4n) is 5.52. The number of aromatic nitrogens is 1. The van der Waals surface area contributed by atoms with Gasteiger partial charge in [0.2, 0.25) is 0 Å². The molecule has 2 aromatic rings. The van der Waals surface area contributed by atoms with E-state index in [1.54, 1.807) is 30.2 Å². The number of carboxylic acid groups (broad SMARTS) is 1. The highest BCUT2D eigenvalue weighted by molar-refractivity contribution is 8.93. The van der Waals surface area contributed by atoms with Gasteiger partial charge in [-0.2, -0.15) is 0 Å². The number of fused-ring (bicyclic) bond motifs is 1. The molecule has 1 aromatic heterocycles. The van der Waals surface area contributed by atoms with Crippen LogP contribution >= 0.6 is 17.0 Å². The molecule has 1 amide bonds. The number of halogens is 1. The van der Waals surface area contributed by atoms with Crippen LogP contribution in [0.15, 0.2) is 18.2 Å². The number of ketones is 1. The minimum absolute atomic E-state index is 0. The molecule has 3 N–H and O–H groups in total. The number of carbonyl (C=O) groups excluding carboxylic acids is 2. The number of Topliss-reactive ketones (excluding diaryl/α,β-unsaturated/α-hetero) is 1. The lowest BCUT2D eigenvalue weighted by atomic mass is 9.84. The molecule has 44 heavy (non-hydrogen) atoms. The number of amidine groups is 1. The van der Waals surface area contributed by atoms with Crippen molar-refractivity contribution in [3.8, 4) is 11.5 Å². The molecule has 1 unspecified atom stereocenters. The Labute approximate surface area is 268 Å². The van der Waals surface area contributed by atoms with Crippen molar-refractivity contribution in [3.05, 3.63) is 46.3 Å². The molecule has 0 spiro atoms. The fourth-order valence-corrected chi connectivity index (χ4v) is 5.52. The predicted molar refractivity (Wildman–Crippen MR) is 171 cm³/mol. The highest BCUT2D eigenvalue weighted by atomic mass is 79.9. The van der Waals surface area contributed by atoms with Gasteiger partial charge in [0, 0.05) is 56.4 Å². The van der Waals surface area contributed by atoms with E-state index in [1.807, 2.05) is 27.7 Å².